The van der Waals surface area contributed by atoms with Crippen LogP contribution in [0.5, 0.6) is 0 Å². The highest BCUT2D eigenvalue weighted by Gasteiger charge is 2.21. The average molecular weight is 428 g/mol. The fourth-order valence-corrected chi connectivity index (χ4v) is 3.54. The Morgan fingerprint density at radius 3 is 2.40 bits per heavy atom. The highest BCUT2D eigenvalue weighted by molar-refractivity contribution is 6.33. The van der Waals surface area contributed by atoms with Gasteiger partial charge < -0.3 is 10.2 Å². The summed E-state index contributed by atoms with van der Waals surface area (Å²) in [5.41, 5.74) is 3.75. The molecular weight excluding hydrogens is 406 g/mol. The van der Waals surface area contributed by atoms with Gasteiger partial charge in [0.1, 0.15) is 11.4 Å². The standard InChI is InChI=1S/C21H22ClN5O3/c1-13-20(27(29)30)14(2)26(24-13)12-15-5-7-16(8-6-15)21(28)23-17-9-10-19(25(3)4)18(22)11-17/h5-11H,12H2,1-4H3,(H,23,28). The van der Waals surface area contributed by atoms with Crippen LogP contribution in [0.3, 0.4) is 0 Å². The molecule has 3 rings (SSSR count). The van der Waals surface area contributed by atoms with Crippen LogP contribution in [0.4, 0.5) is 17.1 Å². The van der Waals surface area contributed by atoms with Gasteiger partial charge >= 0.3 is 5.69 Å². The summed E-state index contributed by atoms with van der Waals surface area (Å²) in [7, 11) is 3.79. The van der Waals surface area contributed by atoms with Crippen molar-refractivity contribution < 1.29 is 9.72 Å². The molecule has 156 valence electrons. The number of carbonyl (C=O) groups excluding carboxylic acids is 1. The normalized spacial score (nSPS) is 10.7. The molecule has 9 heteroatoms. The quantitative estimate of drug-likeness (QED) is 0.464. The van der Waals surface area contributed by atoms with Gasteiger partial charge in [-0.05, 0) is 49.7 Å². The first kappa shape index (κ1) is 21.3. The first-order valence-corrected chi connectivity index (χ1v) is 9.60. The van der Waals surface area contributed by atoms with E-state index in [2.05, 4.69) is 10.4 Å². The second-order valence-electron chi connectivity index (χ2n) is 7.15. The zero-order valence-electron chi connectivity index (χ0n) is 17.1. The molecule has 1 amide bonds. The van der Waals surface area contributed by atoms with Gasteiger partial charge in [-0.2, -0.15) is 5.10 Å². The summed E-state index contributed by atoms with van der Waals surface area (Å²) in [4.78, 5) is 25.2. The van der Waals surface area contributed by atoms with Crippen LogP contribution in [0.15, 0.2) is 42.5 Å². The van der Waals surface area contributed by atoms with Crippen molar-refractivity contribution in [2.24, 2.45) is 0 Å². The second-order valence-corrected chi connectivity index (χ2v) is 7.55. The van der Waals surface area contributed by atoms with Crippen LogP contribution in [0.2, 0.25) is 5.02 Å². The van der Waals surface area contributed by atoms with Crippen LogP contribution in [0, 0.1) is 24.0 Å². The van der Waals surface area contributed by atoms with E-state index in [-0.39, 0.29) is 11.6 Å². The predicted molar refractivity (Wildman–Crippen MR) is 118 cm³/mol. The topological polar surface area (TPSA) is 93.3 Å². The van der Waals surface area contributed by atoms with Gasteiger partial charge in [-0.25, -0.2) is 0 Å². The van der Waals surface area contributed by atoms with Gasteiger partial charge in [0.2, 0.25) is 0 Å². The number of aryl methyl sites for hydroxylation is 1. The number of carbonyl (C=O) groups is 1. The highest BCUT2D eigenvalue weighted by atomic mass is 35.5. The number of aromatic nitrogens is 2. The third-order valence-electron chi connectivity index (χ3n) is 4.76. The summed E-state index contributed by atoms with van der Waals surface area (Å²) >= 11 is 6.25. The van der Waals surface area contributed by atoms with Crippen molar-refractivity contribution in [1.82, 2.24) is 9.78 Å². The number of anilines is 2. The molecule has 8 nitrogen and oxygen atoms in total. The number of hydrogen-bond donors (Lipinski definition) is 1. The Hall–Kier alpha value is -3.39. The van der Waals surface area contributed by atoms with Gasteiger partial charge in [0.15, 0.2) is 0 Å². The summed E-state index contributed by atoms with van der Waals surface area (Å²) in [6.45, 7) is 3.67. The second kappa shape index (κ2) is 8.54. The molecule has 0 saturated heterocycles. The van der Waals surface area contributed by atoms with Crippen molar-refractivity contribution >= 4 is 34.6 Å². The Morgan fingerprint density at radius 2 is 1.87 bits per heavy atom. The average Bonchev–Trinajstić information content (AvgIpc) is 2.95. The lowest BCUT2D eigenvalue weighted by Crippen LogP contribution is -2.13. The molecule has 3 aromatic rings. The van der Waals surface area contributed by atoms with E-state index in [0.717, 1.165) is 11.3 Å². The lowest BCUT2D eigenvalue weighted by atomic mass is 10.1. The first-order valence-electron chi connectivity index (χ1n) is 9.23. The molecule has 0 spiro atoms. The van der Waals surface area contributed by atoms with Gasteiger partial charge in [-0.1, -0.05) is 23.7 Å². The molecule has 0 aliphatic carbocycles. The molecule has 1 N–H and O–H groups in total. The van der Waals surface area contributed by atoms with Gasteiger partial charge in [0, 0.05) is 25.3 Å². The Morgan fingerprint density at radius 1 is 1.20 bits per heavy atom. The summed E-state index contributed by atoms with van der Waals surface area (Å²) < 4.78 is 1.59. The number of nitrogens with zero attached hydrogens (tertiary/aromatic N) is 4. The largest absolute Gasteiger partial charge is 0.376 e. The molecule has 2 aromatic carbocycles. The predicted octanol–water partition coefficient (Wildman–Crippen LogP) is 4.43. The molecule has 0 saturated carbocycles. The Bertz CT molecular complexity index is 1110. The molecule has 1 heterocycles. The van der Waals surface area contributed by atoms with E-state index in [1.165, 1.54) is 0 Å². The van der Waals surface area contributed by atoms with E-state index >= 15 is 0 Å². The van der Waals surface area contributed by atoms with Crippen LogP contribution in [-0.2, 0) is 6.54 Å². The minimum atomic E-state index is -0.418. The Kier molecular flexibility index (Phi) is 6.07. The van der Waals surface area contributed by atoms with Crippen molar-refractivity contribution in [3.05, 3.63) is 80.1 Å². The lowest BCUT2D eigenvalue weighted by molar-refractivity contribution is -0.386. The van der Waals surface area contributed by atoms with Crippen molar-refractivity contribution in [1.29, 1.82) is 0 Å². The lowest BCUT2D eigenvalue weighted by Gasteiger charge is -2.15. The maximum absolute atomic E-state index is 12.5. The minimum Gasteiger partial charge on any atom is -0.376 e. The maximum Gasteiger partial charge on any atom is 0.312 e. The van der Waals surface area contributed by atoms with Crippen LogP contribution in [0.25, 0.3) is 0 Å². The van der Waals surface area contributed by atoms with Crippen LogP contribution >= 0.6 is 11.6 Å². The smallest absolute Gasteiger partial charge is 0.312 e. The van der Waals surface area contributed by atoms with E-state index < -0.39 is 4.92 Å². The van der Waals surface area contributed by atoms with Crippen molar-refractivity contribution in [2.45, 2.75) is 20.4 Å². The summed E-state index contributed by atoms with van der Waals surface area (Å²) in [6.07, 6.45) is 0. The number of halogens is 1. The number of nitro groups is 1. The number of hydrogen-bond acceptors (Lipinski definition) is 5. The molecule has 0 fully saturated rings. The van der Waals surface area contributed by atoms with Gasteiger partial charge in [-0.3, -0.25) is 19.6 Å². The van der Waals surface area contributed by atoms with E-state index in [1.807, 2.05) is 25.1 Å². The molecule has 0 unspecified atom stereocenters. The number of rotatable bonds is 6. The molecule has 30 heavy (non-hydrogen) atoms. The minimum absolute atomic E-state index is 0.0324. The fraction of sp³-hybridized carbons (Fsp3) is 0.238. The molecule has 0 atom stereocenters. The summed E-state index contributed by atoms with van der Waals surface area (Å²) in [6, 6.07) is 12.4. The molecule has 0 aliphatic heterocycles. The van der Waals surface area contributed by atoms with E-state index in [1.54, 1.807) is 54.9 Å². The van der Waals surface area contributed by atoms with Crippen molar-refractivity contribution in [3.8, 4) is 0 Å². The van der Waals surface area contributed by atoms with Crippen LogP contribution in [-0.4, -0.2) is 34.7 Å². The third-order valence-corrected chi connectivity index (χ3v) is 5.06. The molecule has 0 bridgehead atoms. The van der Waals surface area contributed by atoms with Crippen LogP contribution < -0.4 is 10.2 Å². The zero-order valence-corrected chi connectivity index (χ0v) is 17.9. The number of nitrogens with one attached hydrogen (secondary N) is 1. The number of benzene rings is 2. The van der Waals surface area contributed by atoms with Crippen molar-refractivity contribution in [2.75, 3.05) is 24.3 Å². The van der Waals surface area contributed by atoms with Gasteiger partial charge in [0.05, 0.1) is 22.2 Å². The zero-order chi connectivity index (χ0) is 22.0. The monoisotopic (exact) mass is 427 g/mol. The molecule has 0 aliphatic rings. The van der Waals surface area contributed by atoms with E-state index in [9.17, 15) is 14.9 Å². The van der Waals surface area contributed by atoms with Gasteiger partial charge in [-0.15, -0.1) is 0 Å². The number of amides is 1. The van der Waals surface area contributed by atoms with Crippen LogP contribution in [0.1, 0.15) is 27.3 Å². The van der Waals surface area contributed by atoms with E-state index in [4.69, 9.17) is 11.6 Å². The Labute approximate surface area is 179 Å². The molecule has 1 aromatic heterocycles. The summed E-state index contributed by atoms with van der Waals surface area (Å²) in [5, 5.41) is 18.8. The molecule has 0 radical (unpaired) electrons. The van der Waals surface area contributed by atoms with Crippen molar-refractivity contribution in [3.63, 3.8) is 0 Å². The Balaban J connectivity index is 1.71. The fourth-order valence-electron chi connectivity index (χ4n) is 3.19. The van der Waals surface area contributed by atoms with E-state index in [0.29, 0.717) is 34.2 Å². The highest BCUT2D eigenvalue weighted by Crippen LogP contribution is 2.27. The first-order chi connectivity index (χ1) is 14.2. The SMILES string of the molecule is Cc1nn(Cc2ccc(C(=O)Nc3ccc(N(C)C)c(Cl)c3)cc2)c(C)c1[N+](=O)[O-]. The van der Waals surface area contributed by atoms with Gasteiger partial charge in [0.25, 0.3) is 5.91 Å². The summed E-state index contributed by atoms with van der Waals surface area (Å²) in [5.74, 6) is -0.253. The third kappa shape index (κ3) is 4.44. The maximum atomic E-state index is 12.5. The molecular formula is C21H22ClN5O3.